The summed E-state index contributed by atoms with van der Waals surface area (Å²) in [5.74, 6) is -1.89. The van der Waals surface area contributed by atoms with E-state index in [2.05, 4.69) is 11.7 Å². The zero-order valence-corrected chi connectivity index (χ0v) is 27.1. The number of ether oxygens (including phenoxy) is 1. The zero-order chi connectivity index (χ0) is 33.2. The van der Waals surface area contributed by atoms with Crippen molar-refractivity contribution in [1.29, 1.82) is 0 Å². The summed E-state index contributed by atoms with van der Waals surface area (Å²) in [5, 5.41) is 23.5. The van der Waals surface area contributed by atoms with E-state index >= 15 is 4.39 Å². The molecule has 9 nitrogen and oxygen atoms in total. The number of carbonyl (C=O) groups is 1. The van der Waals surface area contributed by atoms with Gasteiger partial charge in [-0.2, -0.15) is 10.2 Å². The first kappa shape index (κ1) is 30.7. The SMILES string of the molecule is C=CC(=O)N1Cc2cc(-c3nc(-c4ccc5nn(C)cc5c4)c4ccsc4c3-c3c(F)cc(F)cc3OCC(C)(C)O)nn2[C@@H](C)C1. The molecule has 0 aliphatic carbocycles. The minimum Gasteiger partial charge on any atom is -0.490 e. The number of amides is 1. The van der Waals surface area contributed by atoms with Crippen molar-refractivity contribution in [3.8, 4) is 39.5 Å². The molecule has 5 heterocycles. The van der Waals surface area contributed by atoms with Crippen LogP contribution in [0.1, 0.15) is 32.5 Å². The lowest BCUT2D eigenvalue weighted by atomic mass is 9.96. The van der Waals surface area contributed by atoms with Gasteiger partial charge in [0.1, 0.15) is 35.4 Å². The molecule has 7 rings (SSSR count). The first-order valence-corrected chi connectivity index (χ1v) is 16.0. The Kier molecular flexibility index (Phi) is 7.44. The Labute approximate surface area is 273 Å². The van der Waals surface area contributed by atoms with Crippen LogP contribution < -0.4 is 4.74 Å². The van der Waals surface area contributed by atoms with Gasteiger partial charge in [-0.1, -0.05) is 12.6 Å². The molecule has 2 aromatic carbocycles. The minimum absolute atomic E-state index is 0.0161. The maximum Gasteiger partial charge on any atom is 0.246 e. The zero-order valence-electron chi connectivity index (χ0n) is 26.3. The van der Waals surface area contributed by atoms with Crippen molar-refractivity contribution in [3.05, 3.63) is 84.0 Å². The molecule has 0 fully saturated rings. The molecule has 1 aliphatic heterocycles. The Hall–Kier alpha value is -4.94. The van der Waals surface area contributed by atoms with Crippen LogP contribution in [-0.2, 0) is 18.4 Å². The van der Waals surface area contributed by atoms with Gasteiger partial charge in [-0.15, -0.1) is 11.3 Å². The van der Waals surface area contributed by atoms with E-state index in [0.29, 0.717) is 40.4 Å². The van der Waals surface area contributed by atoms with Crippen molar-refractivity contribution in [2.45, 2.75) is 39.0 Å². The first-order valence-electron chi connectivity index (χ1n) is 15.1. The molecular weight excluding hydrogens is 622 g/mol. The van der Waals surface area contributed by atoms with Crippen molar-refractivity contribution in [1.82, 2.24) is 29.4 Å². The van der Waals surface area contributed by atoms with Gasteiger partial charge in [0.15, 0.2) is 0 Å². The number of pyridine rings is 1. The lowest BCUT2D eigenvalue weighted by Gasteiger charge is -2.31. The summed E-state index contributed by atoms with van der Waals surface area (Å²) >= 11 is 1.40. The van der Waals surface area contributed by atoms with Gasteiger partial charge in [-0.25, -0.2) is 13.8 Å². The third-order valence-electron chi connectivity index (χ3n) is 8.15. The predicted molar refractivity (Wildman–Crippen MR) is 178 cm³/mol. The lowest BCUT2D eigenvalue weighted by molar-refractivity contribution is -0.127. The summed E-state index contributed by atoms with van der Waals surface area (Å²) in [6.45, 7) is 9.26. The van der Waals surface area contributed by atoms with Crippen molar-refractivity contribution < 1.29 is 23.4 Å². The van der Waals surface area contributed by atoms with Crippen LogP contribution in [0.15, 0.2) is 66.7 Å². The van der Waals surface area contributed by atoms with E-state index in [1.54, 1.807) is 23.4 Å². The third-order valence-corrected chi connectivity index (χ3v) is 9.08. The molecular formula is C35H32F2N6O3S. The van der Waals surface area contributed by atoms with E-state index in [1.165, 1.54) is 17.4 Å². The number of rotatable bonds is 7. The summed E-state index contributed by atoms with van der Waals surface area (Å²) in [5.41, 5.74) is 3.10. The van der Waals surface area contributed by atoms with Crippen molar-refractivity contribution in [3.63, 3.8) is 0 Å². The van der Waals surface area contributed by atoms with Gasteiger partial charge < -0.3 is 14.7 Å². The number of hydrogen-bond acceptors (Lipinski definition) is 7. The monoisotopic (exact) mass is 654 g/mol. The Morgan fingerprint density at radius 1 is 1.15 bits per heavy atom. The van der Waals surface area contributed by atoms with Crippen LogP contribution >= 0.6 is 11.3 Å². The van der Waals surface area contributed by atoms with Gasteiger partial charge in [0, 0.05) is 58.5 Å². The molecule has 240 valence electrons. The molecule has 6 aromatic rings. The molecule has 1 atom stereocenters. The highest BCUT2D eigenvalue weighted by Crippen LogP contribution is 2.47. The number of aliphatic hydroxyl groups is 1. The summed E-state index contributed by atoms with van der Waals surface area (Å²) in [6, 6.07) is 11.5. The highest BCUT2D eigenvalue weighted by Gasteiger charge is 2.31. The smallest absolute Gasteiger partial charge is 0.246 e. The molecule has 4 aromatic heterocycles. The van der Waals surface area contributed by atoms with E-state index in [1.807, 2.05) is 60.6 Å². The third kappa shape index (κ3) is 5.57. The molecule has 0 bridgehead atoms. The van der Waals surface area contributed by atoms with Crippen molar-refractivity contribution in [2.75, 3.05) is 13.2 Å². The van der Waals surface area contributed by atoms with Gasteiger partial charge >= 0.3 is 0 Å². The quantitative estimate of drug-likeness (QED) is 0.188. The van der Waals surface area contributed by atoms with Gasteiger partial charge in [0.05, 0.1) is 40.7 Å². The van der Waals surface area contributed by atoms with Crippen LogP contribution in [0, 0.1) is 11.6 Å². The molecule has 12 heteroatoms. The van der Waals surface area contributed by atoms with E-state index in [-0.39, 0.29) is 29.9 Å². The molecule has 1 amide bonds. The fourth-order valence-corrected chi connectivity index (χ4v) is 7.07. The average Bonchev–Trinajstić information content (AvgIpc) is 3.76. The van der Waals surface area contributed by atoms with E-state index in [0.717, 1.165) is 39.7 Å². The summed E-state index contributed by atoms with van der Waals surface area (Å²) in [4.78, 5) is 19.4. The number of nitrogens with zero attached hydrogens (tertiary/aromatic N) is 6. The number of thiophene rings is 1. The van der Waals surface area contributed by atoms with E-state index < -0.39 is 17.2 Å². The summed E-state index contributed by atoms with van der Waals surface area (Å²) in [7, 11) is 1.86. The summed E-state index contributed by atoms with van der Waals surface area (Å²) in [6.07, 6.45) is 3.22. The molecule has 1 N–H and O–H groups in total. The second-order valence-corrected chi connectivity index (χ2v) is 13.4. The van der Waals surface area contributed by atoms with Crippen LogP contribution in [-0.4, -0.2) is 59.2 Å². The predicted octanol–water partition coefficient (Wildman–Crippen LogP) is 6.90. The Morgan fingerprint density at radius 3 is 2.72 bits per heavy atom. The number of aromatic nitrogens is 5. The molecule has 47 heavy (non-hydrogen) atoms. The Balaban J connectivity index is 1.51. The second kappa shape index (κ2) is 11.4. The molecule has 0 radical (unpaired) electrons. The van der Waals surface area contributed by atoms with Crippen molar-refractivity contribution in [2.24, 2.45) is 7.05 Å². The Morgan fingerprint density at radius 2 is 1.96 bits per heavy atom. The molecule has 1 aliphatic rings. The first-order chi connectivity index (χ1) is 22.4. The second-order valence-electron chi connectivity index (χ2n) is 12.5. The lowest BCUT2D eigenvalue weighted by Crippen LogP contribution is -2.39. The van der Waals surface area contributed by atoms with E-state index in [9.17, 15) is 14.3 Å². The van der Waals surface area contributed by atoms with Crippen LogP contribution in [0.5, 0.6) is 5.75 Å². The molecule has 0 saturated heterocycles. The maximum atomic E-state index is 16.1. The number of carbonyl (C=O) groups excluding carboxylic acids is 1. The minimum atomic E-state index is -1.26. The Bertz CT molecular complexity index is 2210. The van der Waals surface area contributed by atoms with Crippen LogP contribution in [0.2, 0.25) is 0 Å². The normalized spacial score (nSPS) is 15.0. The van der Waals surface area contributed by atoms with E-state index in [4.69, 9.17) is 14.8 Å². The largest absolute Gasteiger partial charge is 0.490 e. The van der Waals surface area contributed by atoms with Crippen LogP contribution in [0.4, 0.5) is 8.78 Å². The number of fused-ring (bicyclic) bond motifs is 3. The highest BCUT2D eigenvalue weighted by molar-refractivity contribution is 7.18. The van der Waals surface area contributed by atoms with Gasteiger partial charge in [0.25, 0.3) is 0 Å². The number of aryl methyl sites for hydroxylation is 1. The number of halogens is 2. The average molecular weight is 655 g/mol. The van der Waals surface area contributed by atoms with Crippen LogP contribution in [0.25, 0.3) is 54.8 Å². The molecule has 0 saturated carbocycles. The molecule has 0 spiro atoms. The number of benzene rings is 2. The fraction of sp³-hybridized carbons (Fsp3) is 0.257. The van der Waals surface area contributed by atoms with Crippen molar-refractivity contribution >= 4 is 38.2 Å². The topological polar surface area (TPSA) is 98.3 Å². The summed E-state index contributed by atoms with van der Waals surface area (Å²) < 4.78 is 41.1. The highest BCUT2D eigenvalue weighted by atomic mass is 32.1. The van der Waals surface area contributed by atoms with Gasteiger partial charge in [-0.05, 0) is 56.5 Å². The molecule has 0 unspecified atom stereocenters. The fourth-order valence-electron chi connectivity index (χ4n) is 6.12. The van der Waals surface area contributed by atoms with Gasteiger partial charge in [0.2, 0.25) is 5.91 Å². The number of hydrogen-bond donors (Lipinski definition) is 1. The maximum absolute atomic E-state index is 16.1. The van der Waals surface area contributed by atoms with Gasteiger partial charge in [-0.3, -0.25) is 14.2 Å². The van der Waals surface area contributed by atoms with Crippen LogP contribution in [0.3, 0.4) is 0 Å². The standard InChI is InChI=1S/C35H32F2N6O3S/c1-6-29(44)42-15-19(2)43-23(17-42)14-27(40-43)33-31(30-25(37)12-22(36)13-28(30)46-18-35(3,4)45)34-24(9-10-47-34)32(38-33)20-7-8-26-21(11-20)16-41(5)39-26/h6-14,16,19,45H,1,15,17-18H2,2-5H3/t19-/m0/s1.